The summed E-state index contributed by atoms with van der Waals surface area (Å²) in [7, 11) is 0. The predicted octanol–water partition coefficient (Wildman–Crippen LogP) is 3.95. The molecule has 6 heteroatoms. The molecule has 0 spiro atoms. The van der Waals surface area contributed by atoms with Crippen molar-refractivity contribution >= 4 is 28.4 Å². The molecule has 0 bridgehead atoms. The van der Waals surface area contributed by atoms with E-state index in [1.165, 1.54) is 0 Å². The Kier molecular flexibility index (Phi) is 6.83. The van der Waals surface area contributed by atoms with Gasteiger partial charge in [0.2, 0.25) is 5.91 Å². The predicted molar refractivity (Wildman–Crippen MR) is 100 cm³/mol. The molecule has 0 fully saturated rings. The number of rotatable bonds is 9. The molecule has 0 aliphatic carbocycles. The van der Waals surface area contributed by atoms with Crippen molar-refractivity contribution in [3.05, 3.63) is 36.1 Å². The number of furan rings is 1. The number of para-hydroxylation sites is 1. The fraction of sp³-hybridized carbons (Fsp3) is 0.400. The van der Waals surface area contributed by atoms with Gasteiger partial charge in [-0.05, 0) is 44.9 Å². The summed E-state index contributed by atoms with van der Waals surface area (Å²) in [5.74, 6) is 0.299. The number of allylic oxidation sites excluding steroid dienone is 1. The lowest BCUT2D eigenvalue weighted by atomic mass is 10.2. The van der Waals surface area contributed by atoms with Gasteiger partial charge in [0.25, 0.3) is 0 Å². The van der Waals surface area contributed by atoms with Crippen LogP contribution < -0.4 is 4.74 Å². The largest absolute Gasteiger partial charge is 0.490 e. The number of likely N-dealkylation sites (N-methyl/N-ethyl adjacent to an activating group) is 1. The number of ether oxygens (including phenoxy) is 1. The number of hydrogen-bond acceptors (Lipinski definition) is 4. The van der Waals surface area contributed by atoms with Gasteiger partial charge >= 0.3 is 5.97 Å². The van der Waals surface area contributed by atoms with E-state index in [-0.39, 0.29) is 12.3 Å². The number of carbonyl (C=O) groups excluding carboxylic acids is 1. The Labute approximate surface area is 153 Å². The highest BCUT2D eigenvalue weighted by Gasteiger charge is 2.13. The number of nitrogens with zero attached hydrogens (tertiary/aromatic N) is 1. The number of carbonyl (C=O) groups is 2. The summed E-state index contributed by atoms with van der Waals surface area (Å²) in [6, 6.07) is 7.43. The van der Waals surface area contributed by atoms with Crippen LogP contribution in [0, 0.1) is 0 Å². The third kappa shape index (κ3) is 4.88. The molecule has 2 aromatic rings. The molecule has 0 atom stereocenters. The third-order valence-corrected chi connectivity index (χ3v) is 4.10. The quantitative estimate of drug-likeness (QED) is 0.542. The molecular formula is C20H25NO5. The molecule has 2 rings (SSSR count). The van der Waals surface area contributed by atoms with Crippen molar-refractivity contribution in [1.82, 2.24) is 4.90 Å². The Balaban J connectivity index is 2.18. The van der Waals surface area contributed by atoms with Crippen molar-refractivity contribution in [2.45, 2.75) is 33.6 Å². The SMILES string of the molecule is CCN(CC)C(=O)C=C(C)c1cc2cccc(OCCCC(=O)O)c2o1. The zero-order valence-corrected chi connectivity index (χ0v) is 15.4. The number of fused-ring (bicyclic) bond motifs is 1. The van der Waals surface area contributed by atoms with Gasteiger partial charge in [-0.15, -0.1) is 0 Å². The van der Waals surface area contributed by atoms with Crippen LogP contribution in [0.3, 0.4) is 0 Å². The maximum Gasteiger partial charge on any atom is 0.303 e. The maximum absolute atomic E-state index is 12.2. The van der Waals surface area contributed by atoms with Gasteiger partial charge in [0, 0.05) is 31.0 Å². The second-order valence-corrected chi connectivity index (χ2v) is 5.97. The molecule has 1 aromatic carbocycles. The molecule has 0 radical (unpaired) electrons. The lowest BCUT2D eigenvalue weighted by molar-refractivity contribution is -0.137. The van der Waals surface area contributed by atoms with Crippen molar-refractivity contribution in [2.24, 2.45) is 0 Å². The van der Waals surface area contributed by atoms with Crippen molar-refractivity contribution in [1.29, 1.82) is 0 Å². The Bertz CT molecular complexity index is 802. The van der Waals surface area contributed by atoms with Crippen LogP contribution in [-0.2, 0) is 9.59 Å². The highest BCUT2D eigenvalue weighted by atomic mass is 16.5. The lowest BCUT2D eigenvalue weighted by Crippen LogP contribution is -2.28. The number of carboxylic acid groups (broad SMARTS) is 1. The molecule has 0 saturated carbocycles. The zero-order valence-electron chi connectivity index (χ0n) is 15.4. The highest BCUT2D eigenvalue weighted by molar-refractivity contribution is 5.95. The van der Waals surface area contributed by atoms with Gasteiger partial charge in [0.05, 0.1) is 6.61 Å². The average molecular weight is 359 g/mol. The van der Waals surface area contributed by atoms with Crippen molar-refractivity contribution in [2.75, 3.05) is 19.7 Å². The third-order valence-electron chi connectivity index (χ3n) is 4.10. The van der Waals surface area contributed by atoms with Gasteiger partial charge in [-0.2, -0.15) is 0 Å². The summed E-state index contributed by atoms with van der Waals surface area (Å²) >= 11 is 0. The summed E-state index contributed by atoms with van der Waals surface area (Å²) in [5.41, 5.74) is 1.34. The normalized spacial score (nSPS) is 11.6. The molecule has 6 nitrogen and oxygen atoms in total. The first-order valence-electron chi connectivity index (χ1n) is 8.81. The van der Waals surface area contributed by atoms with Crippen LogP contribution in [0.2, 0.25) is 0 Å². The lowest BCUT2D eigenvalue weighted by Gasteiger charge is -2.16. The van der Waals surface area contributed by atoms with Crippen molar-refractivity contribution < 1.29 is 23.8 Å². The van der Waals surface area contributed by atoms with E-state index in [9.17, 15) is 9.59 Å². The standard InChI is InChI=1S/C20H25NO5/c1-4-21(5-2)18(22)12-14(3)17-13-15-8-6-9-16(20(15)26-17)25-11-7-10-19(23)24/h6,8-9,12-13H,4-5,7,10-11H2,1-3H3,(H,23,24). The number of hydrogen-bond donors (Lipinski definition) is 1. The van der Waals surface area contributed by atoms with E-state index >= 15 is 0 Å². The summed E-state index contributed by atoms with van der Waals surface area (Å²) in [4.78, 5) is 24.5. The molecule has 0 unspecified atom stereocenters. The summed E-state index contributed by atoms with van der Waals surface area (Å²) in [5, 5.41) is 9.56. The molecule has 0 aliphatic heterocycles. The van der Waals surface area contributed by atoms with E-state index in [1.54, 1.807) is 17.0 Å². The van der Waals surface area contributed by atoms with Crippen LogP contribution in [0.5, 0.6) is 5.75 Å². The Morgan fingerprint density at radius 1 is 1.27 bits per heavy atom. The zero-order chi connectivity index (χ0) is 19.1. The van der Waals surface area contributed by atoms with Gasteiger partial charge < -0.3 is 19.2 Å². The minimum absolute atomic E-state index is 0.0434. The topological polar surface area (TPSA) is 80.0 Å². The molecule has 1 heterocycles. The van der Waals surface area contributed by atoms with Crippen LogP contribution in [0.1, 0.15) is 39.4 Å². The van der Waals surface area contributed by atoms with Crippen LogP contribution >= 0.6 is 0 Å². The van der Waals surface area contributed by atoms with Crippen LogP contribution in [-0.4, -0.2) is 41.6 Å². The maximum atomic E-state index is 12.2. The molecule has 0 aliphatic rings. The van der Waals surface area contributed by atoms with E-state index in [2.05, 4.69) is 0 Å². The van der Waals surface area contributed by atoms with Crippen LogP contribution in [0.25, 0.3) is 16.5 Å². The van der Waals surface area contributed by atoms with Crippen LogP contribution in [0.4, 0.5) is 0 Å². The fourth-order valence-corrected chi connectivity index (χ4v) is 2.63. The second kappa shape index (κ2) is 9.08. The monoisotopic (exact) mass is 359 g/mol. The van der Waals surface area contributed by atoms with Gasteiger partial charge in [-0.1, -0.05) is 12.1 Å². The number of amides is 1. The van der Waals surface area contributed by atoms with Crippen molar-refractivity contribution in [3.63, 3.8) is 0 Å². The molecule has 26 heavy (non-hydrogen) atoms. The fourth-order valence-electron chi connectivity index (χ4n) is 2.63. The first-order valence-corrected chi connectivity index (χ1v) is 8.81. The first kappa shape index (κ1) is 19.6. The Morgan fingerprint density at radius 2 is 2.00 bits per heavy atom. The highest BCUT2D eigenvalue weighted by Crippen LogP contribution is 2.31. The number of benzene rings is 1. The molecule has 1 N–H and O–H groups in total. The van der Waals surface area contributed by atoms with E-state index < -0.39 is 5.97 Å². The second-order valence-electron chi connectivity index (χ2n) is 5.97. The summed E-state index contributed by atoms with van der Waals surface area (Å²) in [6.07, 6.45) is 2.07. The molecular weight excluding hydrogens is 334 g/mol. The van der Waals surface area contributed by atoms with E-state index in [0.717, 1.165) is 11.0 Å². The van der Waals surface area contributed by atoms with Crippen LogP contribution in [0.15, 0.2) is 34.8 Å². The molecule has 1 amide bonds. The minimum atomic E-state index is -0.842. The van der Waals surface area contributed by atoms with Gasteiger partial charge in [-0.3, -0.25) is 9.59 Å². The Hall–Kier alpha value is -2.76. The van der Waals surface area contributed by atoms with E-state index in [4.69, 9.17) is 14.3 Å². The average Bonchev–Trinajstić information content (AvgIpc) is 3.04. The molecule has 1 aromatic heterocycles. The van der Waals surface area contributed by atoms with E-state index in [1.807, 2.05) is 39.0 Å². The molecule has 0 saturated heterocycles. The van der Waals surface area contributed by atoms with Gasteiger partial charge in [0.15, 0.2) is 11.3 Å². The Morgan fingerprint density at radius 3 is 2.65 bits per heavy atom. The smallest absolute Gasteiger partial charge is 0.303 e. The van der Waals surface area contributed by atoms with E-state index in [0.29, 0.717) is 43.2 Å². The van der Waals surface area contributed by atoms with Crippen molar-refractivity contribution in [3.8, 4) is 5.75 Å². The minimum Gasteiger partial charge on any atom is -0.490 e. The molecule has 140 valence electrons. The van der Waals surface area contributed by atoms with Gasteiger partial charge in [-0.25, -0.2) is 0 Å². The summed E-state index contributed by atoms with van der Waals surface area (Å²) < 4.78 is 11.6. The first-order chi connectivity index (χ1) is 12.5. The summed E-state index contributed by atoms with van der Waals surface area (Å²) in [6.45, 7) is 7.35. The number of aliphatic carboxylic acids is 1. The van der Waals surface area contributed by atoms with Gasteiger partial charge in [0.1, 0.15) is 5.76 Å². The number of carboxylic acids is 1.